The third-order valence-electron chi connectivity index (χ3n) is 6.33. The number of aromatic nitrogens is 3. The number of carbonyl (C=O) groups excluding carboxylic acids is 1. The average molecular weight is 438 g/mol. The molecule has 0 bridgehead atoms. The van der Waals surface area contributed by atoms with Crippen LogP contribution in [-0.2, 0) is 0 Å². The van der Waals surface area contributed by atoms with Crippen molar-refractivity contribution in [3.05, 3.63) is 78.0 Å². The zero-order valence-electron chi connectivity index (χ0n) is 18.2. The summed E-state index contributed by atoms with van der Waals surface area (Å²) in [6.45, 7) is 3.26. The van der Waals surface area contributed by atoms with Crippen LogP contribution in [0.15, 0.2) is 69.6 Å². The van der Waals surface area contributed by atoms with E-state index in [2.05, 4.69) is 15.2 Å². The highest BCUT2D eigenvalue weighted by Crippen LogP contribution is 2.32. The lowest BCUT2D eigenvalue weighted by atomic mass is 9.96. The fourth-order valence-corrected chi connectivity index (χ4v) is 4.54. The molecule has 5 aromatic rings. The lowest BCUT2D eigenvalue weighted by Crippen LogP contribution is -2.37. The summed E-state index contributed by atoms with van der Waals surface area (Å²) in [5.41, 5.74) is 2.57. The van der Waals surface area contributed by atoms with Gasteiger partial charge in [-0.1, -0.05) is 35.9 Å². The van der Waals surface area contributed by atoms with E-state index in [-0.39, 0.29) is 11.8 Å². The SMILES string of the molecule is Cc1ccc2oc(C(=O)N3CCC(c4nnc(-c5nccc6ccccc56)o4)CC3)cc2c1. The molecule has 4 heterocycles. The molecular formula is C26H22N4O3. The molecule has 1 aliphatic heterocycles. The second kappa shape index (κ2) is 7.85. The molecule has 3 aromatic heterocycles. The van der Waals surface area contributed by atoms with Crippen molar-refractivity contribution in [1.82, 2.24) is 20.1 Å². The molecule has 0 aliphatic carbocycles. The lowest BCUT2D eigenvalue weighted by molar-refractivity contribution is 0.0676. The van der Waals surface area contributed by atoms with Crippen LogP contribution in [0.2, 0.25) is 0 Å². The van der Waals surface area contributed by atoms with Gasteiger partial charge >= 0.3 is 0 Å². The lowest BCUT2D eigenvalue weighted by Gasteiger charge is -2.29. The normalized spacial score (nSPS) is 14.9. The topological polar surface area (TPSA) is 85.3 Å². The van der Waals surface area contributed by atoms with Gasteiger partial charge in [0.15, 0.2) is 5.76 Å². The number of benzene rings is 2. The number of carbonyl (C=O) groups is 1. The summed E-state index contributed by atoms with van der Waals surface area (Å²) in [6, 6.07) is 17.7. The fourth-order valence-electron chi connectivity index (χ4n) is 4.54. The summed E-state index contributed by atoms with van der Waals surface area (Å²) in [6.07, 6.45) is 3.27. The van der Waals surface area contributed by atoms with Crippen LogP contribution in [0.1, 0.15) is 40.8 Å². The molecule has 1 amide bonds. The van der Waals surface area contributed by atoms with E-state index in [1.807, 2.05) is 66.4 Å². The largest absolute Gasteiger partial charge is 0.451 e. The van der Waals surface area contributed by atoms with Crippen LogP contribution in [0.4, 0.5) is 0 Å². The van der Waals surface area contributed by atoms with E-state index >= 15 is 0 Å². The molecule has 164 valence electrons. The standard InChI is InChI=1S/C26H22N4O3/c1-16-6-7-21-19(14-16)15-22(32-21)26(31)30-12-9-18(10-13-30)24-28-29-25(33-24)23-20-5-3-2-4-17(20)8-11-27-23/h2-8,11,14-15,18H,9-10,12-13H2,1H3. The molecule has 33 heavy (non-hydrogen) atoms. The Labute approximate surface area is 190 Å². The smallest absolute Gasteiger partial charge is 0.289 e. The van der Waals surface area contributed by atoms with Crippen molar-refractivity contribution < 1.29 is 13.6 Å². The van der Waals surface area contributed by atoms with Crippen molar-refractivity contribution in [1.29, 1.82) is 0 Å². The Morgan fingerprint density at radius 3 is 2.70 bits per heavy atom. The maximum Gasteiger partial charge on any atom is 0.289 e. The van der Waals surface area contributed by atoms with Crippen molar-refractivity contribution in [2.24, 2.45) is 0 Å². The maximum absolute atomic E-state index is 13.0. The molecule has 1 fully saturated rings. The van der Waals surface area contributed by atoms with E-state index in [0.29, 0.717) is 36.3 Å². The zero-order chi connectivity index (χ0) is 22.4. The van der Waals surface area contributed by atoms with Crippen LogP contribution in [0.5, 0.6) is 0 Å². The van der Waals surface area contributed by atoms with Gasteiger partial charge < -0.3 is 13.7 Å². The molecule has 0 spiro atoms. The molecule has 0 unspecified atom stereocenters. The van der Waals surface area contributed by atoms with Crippen molar-refractivity contribution in [2.75, 3.05) is 13.1 Å². The van der Waals surface area contributed by atoms with Crippen LogP contribution >= 0.6 is 0 Å². The van der Waals surface area contributed by atoms with Gasteiger partial charge in [-0.05, 0) is 49.4 Å². The third-order valence-corrected chi connectivity index (χ3v) is 6.33. The van der Waals surface area contributed by atoms with Crippen molar-refractivity contribution in [3.8, 4) is 11.6 Å². The first-order chi connectivity index (χ1) is 16.2. The number of rotatable bonds is 3. The quantitative estimate of drug-likeness (QED) is 0.377. The van der Waals surface area contributed by atoms with Crippen molar-refractivity contribution >= 4 is 27.6 Å². The van der Waals surface area contributed by atoms with Crippen LogP contribution in [-0.4, -0.2) is 39.1 Å². The van der Waals surface area contributed by atoms with E-state index in [0.717, 1.165) is 40.1 Å². The highest BCUT2D eigenvalue weighted by Gasteiger charge is 2.29. The molecule has 0 radical (unpaired) electrons. The van der Waals surface area contributed by atoms with Crippen LogP contribution < -0.4 is 0 Å². The molecule has 0 saturated carbocycles. The summed E-state index contributed by atoms with van der Waals surface area (Å²) < 4.78 is 11.8. The number of amides is 1. The van der Waals surface area contributed by atoms with Crippen molar-refractivity contribution in [2.45, 2.75) is 25.7 Å². The highest BCUT2D eigenvalue weighted by molar-refractivity contribution is 5.96. The van der Waals surface area contributed by atoms with E-state index in [1.165, 1.54) is 0 Å². The van der Waals surface area contributed by atoms with Gasteiger partial charge in [-0.3, -0.25) is 9.78 Å². The first kappa shape index (κ1) is 19.7. The van der Waals surface area contributed by atoms with Crippen molar-refractivity contribution in [3.63, 3.8) is 0 Å². The molecule has 7 heteroatoms. The minimum atomic E-state index is -0.0755. The Morgan fingerprint density at radius 1 is 0.970 bits per heavy atom. The van der Waals surface area contributed by atoms with Crippen LogP contribution in [0.25, 0.3) is 33.3 Å². The second-order valence-electron chi connectivity index (χ2n) is 8.54. The van der Waals surface area contributed by atoms with Gasteiger partial charge in [0.2, 0.25) is 5.89 Å². The summed E-state index contributed by atoms with van der Waals surface area (Å²) in [7, 11) is 0. The Balaban J connectivity index is 1.17. The third kappa shape index (κ3) is 3.55. The Morgan fingerprint density at radius 2 is 1.82 bits per heavy atom. The zero-order valence-corrected chi connectivity index (χ0v) is 18.2. The second-order valence-corrected chi connectivity index (χ2v) is 8.54. The molecule has 2 aromatic carbocycles. The number of aryl methyl sites for hydroxylation is 1. The molecular weight excluding hydrogens is 416 g/mol. The highest BCUT2D eigenvalue weighted by atomic mass is 16.4. The van der Waals surface area contributed by atoms with E-state index in [9.17, 15) is 4.79 Å². The van der Waals surface area contributed by atoms with Gasteiger partial charge in [-0.15, -0.1) is 10.2 Å². The number of likely N-dealkylation sites (tertiary alicyclic amines) is 1. The Bertz CT molecular complexity index is 1470. The van der Waals surface area contributed by atoms with E-state index in [4.69, 9.17) is 8.83 Å². The predicted molar refractivity (Wildman–Crippen MR) is 124 cm³/mol. The first-order valence-corrected chi connectivity index (χ1v) is 11.1. The molecule has 1 aliphatic rings. The number of piperidine rings is 1. The number of fused-ring (bicyclic) bond motifs is 2. The summed E-state index contributed by atoms with van der Waals surface area (Å²) in [5, 5.41) is 11.6. The summed E-state index contributed by atoms with van der Waals surface area (Å²) >= 11 is 0. The number of hydrogen-bond acceptors (Lipinski definition) is 6. The van der Waals surface area contributed by atoms with Gasteiger partial charge in [0, 0.05) is 36.0 Å². The number of pyridine rings is 1. The molecule has 6 rings (SSSR count). The average Bonchev–Trinajstić information content (AvgIpc) is 3.51. The van der Waals surface area contributed by atoms with E-state index in [1.54, 1.807) is 6.20 Å². The number of nitrogens with zero attached hydrogens (tertiary/aromatic N) is 4. The molecule has 7 nitrogen and oxygen atoms in total. The van der Waals surface area contributed by atoms with Gasteiger partial charge in [-0.25, -0.2) is 0 Å². The van der Waals surface area contributed by atoms with Gasteiger partial charge in [0.25, 0.3) is 11.8 Å². The molecule has 0 atom stereocenters. The summed E-state index contributed by atoms with van der Waals surface area (Å²) in [5.74, 6) is 1.46. The fraction of sp³-hybridized carbons (Fsp3) is 0.231. The van der Waals surface area contributed by atoms with Gasteiger partial charge in [-0.2, -0.15) is 0 Å². The minimum Gasteiger partial charge on any atom is -0.451 e. The minimum absolute atomic E-state index is 0.0755. The first-order valence-electron chi connectivity index (χ1n) is 11.1. The summed E-state index contributed by atoms with van der Waals surface area (Å²) in [4.78, 5) is 19.3. The molecule has 0 N–H and O–H groups in total. The van der Waals surface area contributed by atoms with Crippen LogP contribution in [0.3, 0.4) is 0 Å². The Kier molecular flexibility index (Phi) is 4.68. The maximum atomic E-state index is 13.0. The van der Waals surface area contributed by atoms with E-state index < -0.39 is 0 Å². The predicted octanol–water partition coefficient (Wildman–Crippen LogP) is 5.36. The monoisotopic (exact) mass is 438 g/mol. The van der Waals surface area contributed by atoms with Crippen LogP contribution in [0, 0.1) is 6.92 Å². The van der Waals surface area contributed by atoms with Gasteiger partial charge in [0.1, 0.15) is 11.3 Å². The number of hydrogen-bond donors (Lipinski definition) is 0. The number of furan rings is 1. The molecule has 1 saturated heterocycles. The van der Waals surface area contributed by atoms with Gasteiger partial charge in [0.05, 0.1) is 0 Å². The Hall–Kier alpha value is -4.00.